The first-order chi connectivity index (χ1) is 14.2. The van der Waals surface area contributed by atoms with Crippen LogP contribution in [0, 0.1) is 13.8 Å². The van der Waals surface area contributed by atoms with E-state index in [0.29, 0.717) is 0 Å². The van der Waals surface area contributed by atoms with Crippen LogP contribution in [0.5, 0.6) is 0 Å². The lowest BCUT2D eigenvalue weighted by atomic mass is 9.93. The van der Waals surface area contributed by atoms with Crippen molar-refractivity contribution in [2.45, 2.75) is 23.6 Å². The van der Waals surface area contributed by atoms with Crippen molar-refractivity contribution in [3.05, 3.63) is 102 Å². The fourth-order valence-electron chi connectivity index (χ4n) is 4.03. The number of pyridine rings is 1. The number of hydrogen-bond acceptors (Lipinski definition) is 2. The second-order valence-electron chi connectivity index (χ2n) is 7.41. The molecule has 2 heteroatoms. The van der Waals surface area contributed by atoms with Gasteiger partial charge in [-0.2, -0.15) is 0 Å². The Balaban J connectivity index is 1.85. The molecule has 5 rings (SSSR count). The molecule has 29 heavy (non-hydrogen) atoms. The number of fused-ring (bicyclic) bond motifs is 2. The number of rotatable bonds is 3. The SMILES string of the molecule is Cc1ccc(Sc2c3ccccc3c(-c3ccccc3)c3cnccc23)c(C)c1. The van der Waals surface area contributed by atoms with Crippen LogP contribution in [-0.2, 0) is 0 Å². The molecule has 0 unspecified atom stereocenters. The molecule has 0 aliphatic carbocycles. The summed E-state index contributed by atoms with van der Waals surface area (Å²) < 4.78 is 0. The molecule has 0 spiro atoms. The van der Waals surface area contributed by atoms with Crippen LogP contribution in [0.15, 0.2) is 101 Å². The van der Waals surface area contributed by atoms with E-state index in [0.717, 1.165) is 0 Å². The van der Waals surface area contributed by atoms with Gasteiger partial charge in [0.05, 0.1) is 0 Å². The van der Waals surface area contributed by atoms with E-state index in [2.05, 4.69) is 97.7 Å². The Kier molecular flexibility index (Phi) is 4.57. The normalized spacial score (nSPS) is 11.2. The lowest BCUT2D eigenvalue weighted by Crippen LogP contribution is -1.90. The van der Waals surface area contributed by atoms with Gasteiger partial charge < -0.3 is 0 Å². The van der Waals surface area contributed by atoms with E-state index in [4.69, 9.17) is 0 Å². The first-order valence-corrected chi connectivity index (χ1v) is 10.6. The van der Waals surface area contributed by atoms with Gasteiger partial charge in [-0.05, 0) is 58.8 Å². The van der Waals surface area contributed by atoms with E-state index in [1.807, 2.05) is 24.2 Å². The Morgan fingerprint density at radius 2 is 1.41 bits per heavy atom. The molecule has 0 saturated carbocycles. The van der Waals surface area contributed by atoms with Gasteiger partial charge >= 0.3 is 0 Å². The maximum Gasteiger partial charge on any atom is 0.0353 e. The fourth-order valence-corrected chi connectivity index (χ4v) is 5.18. The van der Waals surface area contributed by atoms with Crippen LogP contribution in [-0.4, -0.2) is 4.98 Å². The third-order valence-corrected chi connectivity index (χ3v) is 6.70. The number of aryl methyl sites for hydroxylation is 2. The predicted octanol–water partition coefficient (Wildman–Crippen LogP) is 7.82. The van der Waals surface area contributed by atoms with Crippen LogP contribution in [0.4, 0.5) is 0 Å². The highest BCUT2D eigenvalue weighted by Gasteiger charge is 2.16. The minimum atomic E-state index is 1.20. The van der Waals surface area contributed by atoms with Gasteiger partial charge in [0.2, 0.25) is 0 Å². The van der Waals surface area contributed by atoms with Crippen molar-refractivity contribution >= 4 is 33.3 Å². The summed E-state index contributed by atoms with van der Waals surface area (Å²) in [6.45, 7) is 4.34. The summed E-state index contributed by atoms with van der Waals surface area (Å²) in [5.74, 6) is 0. The average Bonchev–Trinajstić information content (AvgIpc) is 2.76. The Labute approximate surface area is 175 Å². The summed E-state index contributed by atoms with van der Waals surface area (Å²) in [5, 5.41) is 5.01. The highest BCUT2D eigenvalue weighted by atomic mass is 32.2. The van der Waals surface area contributed by atoms with E-state index < -0.39 is 0 Å². The first-order valence-electron chi connectivity index (χ1n) is 9.81. The topological polar surface area (TPSA) is 12.9 Å². The molecule has 0 fully saturated rings. The minimum absolute atomic E-state index is 1.20. The third kappa shape index (κ3) is 3.20. The second-order valence-corrected chi connectivity index (χ2v) is 8.46. The summed E-state index contributed by atoms with van der Waals surface area (Å²) >= 11 is 1.86. The quantitative estimate of drug-likeness (QED) is 0.291. The van der Waals surface area contributed by atoms with Crippen LogP contribution >= 0.6 is 11.8 Å². The molecule has 0 aliphatic rings. The zero-order valence-electron chi connectivity index (χ0n) is 16.5. The summed E-state index contributed by atoms with van der Waals surface area (Å²) in [6.07, 6.45) is 3.91. The Bertz CT molecular complexity index is 1280. The minimum Gasteiger partial charge on any atom is -0.264 e. The average molecular weight is 392 g/mol. The molecule has 0 amide bonds. The standard InChI is InChI=1S/C27H21NS/c1-18-12-13-25(19(2)16-18)29-27-22-11-7-6-10-21(22)26(20-8-4-3-5-9-20)24-17-28-15-14-23(24)27/h3-17H,1-2H3. The lowest BCUT2D eigenvalue weighted by molar-refractivity contribution is 1.26. The van der Waals surface area contributed by atoms with Gasteiger partial charge in [-0.15, -0.1) is 0 Å². The number of hydrogen-bond donors (Lipinski definition) is 0. The molecule has 1 aromatic heterocycles. The fraction of sp³-hybridized carbons (Fsp3) is 0.0741. The van der Waals surface area contributed by atoms with Crippen LogP contribution in [0.2, 0.25) is 0 Å². The summed E-state index contributed by atoms with van der Waals surface area (Å²) in [7, 11) is 0. The predicted molar refractivity (Wildman–Crippen MR) is 125 cm³/mol. The van der Waals surface area contributed by atoms with E-state index in [1.165, 1.54) is 53.6 Å². The highest BCUT2D eigenvalue weighted by Crippen LogP contribution is 2.45. The molecular weight excluding hydrogens is 370 g/mol. The molecule has 0 N–H and O–H groups in total. The number of aromatic nitrogens is 1. The van der Waals surface area contributed by atoms with E-state index in [1.54, 1.807) is 0 Å². The Hall–Kier alpha value is -3.10. The van der Waals surface area contributed by atoms with Crippen LogP contribution in [0.3, 0.4) is 0 Å². The summed E-state index contributed by atoms with van der Waals surface area (Å²) in [6, 6.07) is 28.2. The van der Waals surface area contributed by atoms with Crippen LogP contribution in [0.1, 0.15) is 11.1 Å². The Morgan fingerprint density at radius 3 is 2.21 bits per heavy atom. The van der Waals surface area contributed by atoms with Gasteiger partial charge in [0.15, 0.2) is 0 Å². The molecule has 0 radical (unpaired) electrons. The van der Waals surface area contributed by atoms with E-state index in [9.17, 15) is 0 Å². The Morgan fingerprint density at radius 1 is 0.690 bits per heavy atom. The van der Waals surface area contributed by atoms with Crippen molar-refractivity contribution in [2.75, 3.05) is 0 Å². The number of nitrogens with zero attached hydrogens (tertiary/aromatic N) is 1. The molecule has 0 bridgehead atoms. The van der Waals surface area contributed by atoms with Gasteiger partial charge in [0.25, 0.3) is 0 Å². The lowest BCUT2D eigenvalue weighted by Gasteiger charge is -2.17. The molecule has 0 saturated heterocycles. The van der Waals surface area contributed by atoms with Gasteiger partial charge in [-0.25, -0.2) is 0 Å². The molecule has 5 aromatic rings. The molecular formula is C27H21NS. The zero-order valence-corrected chi connectivity index (χ0v) is 17.3. The van der Waals surface area contributed by atoms with Gasteiger partial charge in [-0.1, -0.05) is 84.1 Å². The molecule has 0 atom stereocenters. The maximum atomic E-state index is 4.47. The molecule has 1 heterocycles. The molecule has 140 valence electrons. The number of benzene rings is 4. The van der Waals surface area contributed by atoms with Gasteiger partial charge in [0, 0.05) is 27.6 Å². The summed E-state index contributed by atoms with van der Waals surface area (Å²) in [5.41, 5.74) is 5.10. The summed E-state index contributed by atoms with van der Waals surface area (Å²) in [4.78, 5) is 7.07. The van der Waals surface area contributed by atoms with Crippen molar-refractivity contribution in [1.82, 2.24) is 4.98 Å². The first kappa shape index (κ1) is 18.0. The maximum absolute atomic E-state index is 4.47. The van der Waals surface area contributed by atoms with Crippen LogP contribution in [0.25, 0.3) is 32.7 Å². The third-order valence-electron chi connectivity index (χ3n) is 5.38. The van der Waals surface area contributed by atoms with Crippen molar-refractivity contribution in [3.8, 4) is 11.1 Å². The second kappa shape index (κ2) is 7.38. The van der Waals surface area contributed by atoms with Crippen molar-refractivity contribution in [2.24, 2.45) is 0 Å². The van der Waals surface area contributed by atoms with Crippen molar-refractivity contribution < 1.29 is 0 Å². The van der Waals surface area contributed by atoms with E-state index in [-0.39, 0.29) is 0 Å². The van der Waals surface area contributed by atoms with Crippen molar-refractivity contribution in [1.29, 1.82) is 0 Å². The largest absolute Gasteiger partial charge is 0.264 e. The smallest absolute Gasteiger partial charge is 0.0353 e. The highest BCUT2D eigenvalue weighted by molar-refractivity contribution is 7.99. The molecule has 0 aliphatic heterocycles. The molecule has 4 aromatic carbocycles. The zero-order chi connectivity index (χ0) is 19.8. The van der Waals surface area contributed by atoms with Gasteiger partial charge in [0.1, 0.15) is 0 Å². The van der Waals surface area contributed by atoms with E-state index >= 15 is 0 Å². The van der Waals surface area contributed by atoms with Crippen LogP contribution < -0.4 is 0 Å². The molecule has 1 nitrogen and oxygen atoms in total. The monoisotopic (exact) mass is 391 g/mol. The van der Waals surface area contributed by atoms with Crippen molar-refractivity contribution in [3.63, 3.8) is 0 Å². The van der Waals surface area contributed by atoms with Gasteiger partial charge in [-0.3, -0.25) is 4.98 Å².